The highest BCUT2D eigenvalue weighted by atomic mass is 19.1. The van der Waals surface area contributed by atoms with Crippen LogP contribution in [-0.4, -0.2) is 53.1 Å². The molecular formula is C30H31FN6O. The van der Waals surface area contributed by atoms with Crippen LogP contribution in [0.2, 0.25) is 0 Å². The Morgan fingerprint density at radius 3 is 2.68 bits per heavy atom. The summed E-state index contributed by atoms with van der Waals surface area (Å²) in [6.45, 7) is 7.87. The third-order valence-corrected chi connectivity index (χ3v) is 7.35. The van der Waals surface area contributed by atoms with Gasteiger partial charge in [-0.3, -0.25) is 4.68 Å². The van der Waals surface area contributed by atoms with E-state index in [0.717, 1.165) is 82.2 Å². The second-order valence-electron chi connectivity index (χ2n) is 9.74. The second-order valence-corrected chi connectivity index (χ2v) is 9.74. The zero-order valence-corrected chi connectivity index (χ0v) is 21.9. The van der Waals surface area contributed by atoms with Crippen LogP contribution in [0.25, 0.3) is 33.3 Å². The average molecular weight is 511 g/mol. The second kappa shape index (κ2) is 9.95. The van der Waals surface area contributed by atoms with E-state index < -0.39 is 0 Å². The lowest BCUT2D eigenvalue weighted by Crippen LogP contribution is -2.36. The number of nitrogens with one attached hydrogen (secondary N) is 2. The van der Waals surface area contributed by atoms with Gasteiger partial charge >= 0.3 is 0 Å². The van der Waals surface area contributed by atoms with Crippen molar-refractivity contribution in [1.82, 2.24) is 19.7 Å². The molecule has 0 radical (unpaired) electrons. The lowest BCUT2D eigenvalue weighted by atomic mass is 10.0. The first-order valence-electron chi connectivity index (χ1n) is 12.9. The van der Waals surface area contributed by atoms with Crippen molar-refractivity contribution in [2.24, 2.45) is 0 Å². The first-order chi connectivity index (χ1) is 18.5. The third kappa shape index (κ3) is 4.41. The topological polar surface area (TPSA) is 71.0 Å². The van der Waals surface area contributed by atoms with E-state index in [1.807, 2.05) is 37.1 Å². The van der Waals surface area contributed by atoms with Gasteiger partial charge in [0.05, 0.1) is 36.8 Å². The van der Waals surface area contributed by atoms with Crippen molar-refractivity contribution in [3.63, 3.8) is 0 Å². The minimum Gasteiger partial charge on any atom is -0.386 e. The summed E-state index contributed by atoms with van der Waals surface area (Å²) in [5, 5.41) is 9.21. The first kappa shape index (κ1) is 24.2. The van der Waals surface area contributed by atoms with Crippen molar-refractivity contribution in [2.75, 3.05) is 43.6 Å². The van der Waals surface area contributed by atoms with E-state index in [2.05, 4.69) is 46.4 Å². The summed E-state index contributed by atoms with van der Waals surface area (Å²) in [5.41, 5.74) is 10.2. The Morgan fingerprint density at radius 2 is 1.89 bits per heavy atom. The maximum atomic E-state index is 13.7. The maximum Gasteiger partial charge on any atom is 0.137 e. The molecule has 0 unspecified atom stereocenters. The van der Waals surface area contributed by atoms with Crippen molar-refractivity contribution in [3.05, 3.63) is 83.7 Å². The molecule has 5 aromatic rings. The van der Waals surface area contributed by atoms with E-state index in [9.17, 15) is 4.39 Å². The first-order valence-corrected chi connectivity index (χ1v) is 12.9. The quantitative estimate of drug-likeness (QED) is 0.303. The van der Waals surface area contributed by atoms with Gasteiger partial charge in [0, 0.05) is 60.3 Å². The van der Waals surface area contributed by atoms with Crippen molar-refractivity contribution >= 4 is 22.4 Å². The molecule has 8 heteroatoms. The fourth-order valence-electron chi connectivity index (χ4n) is 5.41. The molecule has 38 heavy (non-hydrogen) atoms. The molecule has 1 aliphatic heterocycles. The fraction of sp³-hybridized carbons (Fsp3) is 0.267. The maximum absolute atomic E-state index is 13.7. The number of halogens is 1. The molecule has 1 aliphatic rings. The monoisotopic (exact) mass is 510 g/mol. The van der Waals surface area contributed by atoms with Gasteiger partial charge in [0.2, 0.25) is 0 Å². The summed E-state index contributed by atoms with van der Waals surface area (Å²) in [4.78, 5) is 10.4. The number of pyridine rings is 1. The van der Waals surface area contributed by atoms with E-state index in [4.69, 9.17) is 14.8 Å². The Kier molecular flexibility index (Phi) is 6.33. The zero-order valence-electron chi connectivity index (χ0n) is 21.9. The number of anilines is 2. The van der Waals surface area contributed by atoms with E-state index >= 15 is 0 Å². The smallest absolute Gasteiger partial charge is 0.137 e. The summed E-state index contributed by atoms with van der Waals surface area (Å²) < 4.78 is 21.2. The molecule has 194 valence electrons. The van der Waals surface area contributed by atoms with E-state index in [1.165, 1.54) is 11.8 Å². The van der Waals surface area contributed by atoms with Gasteiger partial charge in [-0.2, -0.15) is 5.10 Å². The number of ether oxygens (including phenoxy) is 1. The molecule has 0 spiro atoms. The van der Waals surface area contributed by atoms with Crippen molar-refractivity contribution in [1.29, 1.82) is 0 Å². The summed E-state index contributed by atoms with van der Waals surface area (Å²) in [7, 11) is 1.96. The lowest BCUT2D eigenvalue weighted by Gasteiger charge is -2.30. The van der Waals surface area contributed by atoms with Crippen molar-refractivity contribution in [2.45, 2.75) is 20.4 Å². The molecule has 0 saturated carbocycles. The highest BCUT2D eigenvalue weighted by Crippen LogP contribution is 2.36. The Hall–Kier alpha value is -4.17. The number of hydrogen-bond donors (Lipinski definition) is 2. The van der Waals surface area contributed by atoms with Gasteiger partial charge in [0.15, 0.2) is 0 Å². The Balaban J connectivity index is 1.37. The van der Waals surface area contributed by atoms with Crippen LogP contribution < -0.4 is 10.2 Å². The van der Waals surface area contributed by atoms with Gasteiger partial charge < -0.3 is 19.9 Å². The van der Waals surface area contributed by atoms with Crippen LogP contribution in [0.3, 0.4) is 0 Å². The van der Waals surface area contributed by atoms with Crippen LogP contribution in [0.1, 0.15) is 17.0 Å². The number of morpholine rings is 1. The van der Waals surface area contributed by atoms with Gasteiger partial charge in [0.1, 0.15) is 11.5 Å². The van der Waals surface area contributed by atoms with Gasteiger partial charge in [-0.15, -0.1) is 0 Å². The highest BCUT2D eigenvalue weighted by Gasteiger charge is 2.19. The van der Waals surface area contributed by atoms with Gasteiger partial charge in [-0.25, -0.2) is 9.37 Å². The molecule has 2 N–H and O–H groups in total. The summed E-state index contributed by atoms with van der Waals surface area (Å²) >= 11 is 0. The SMILES string of the molecule is CNc1cc(-c2cnc3[nH]cc(-c4c(C)nn(Cc5cccc(F)c5)c4C)c3c2)ccc1N1CCOCC1. The van der Waals surface area contributed by atoms with Gasteiger partial charge in [-0.1, -0.05) is 18.2 Å². The molecule has 1 fully saturated rings. The Morgan fingerprint density at radius 1 is 1.05 bits per heavy atom. The molecule has 0 aliphatic carbocycles. The predicted molar refractivity (Wildman–Crippen MR) is 150 cm³/mol. The largest absolute Gasteiger partial charge is 0.386 e. The number of aromatic nitrogens is 4. The van der Waals surface area contributed by atoms with Crippen molar-refractivity contribution < 1.29 is 9.13 Å². The normalized spacial score (nSPS) is 13.8. The molecule has 0 atom stereocenters. The third-order valence-electron chi connectivity index (χ3n) is 7.35. The number of H-pyrrole nitrogens is 1. The molecular weight excluding hydrogens is 479 g/mol. The van der Waals surface area contributed by atoms with Crippen LogP contribution in [0.4, 0.5) is 15.8 Å². The number of aryl methyl sites for hydroxylation is 1. The number of nitrogens with zero attached hydrogens (tertiary/aromatic N) is 4. The average Bonchev–Trinajstić information content (AvgIpc) is 3.47. The van der Waals surface area contributed by atoms with Gasteiger partial charge in [0.25, 0.3) is 0 Å². The number of fused-ring (bicyclic) bond motifs is 1. The number of rotatable bonds is 6. The Labute approximate surface area is 221 Å². The summed E-state index contributed by atoms with van der Waals surface area (Å²) in [5.74, 6) is -0.237. The molecule has 6 rings (SSSR count). The van der Waals surface area contributed by atoms with E-state index in [-0.39, 0.29) is 5.82 Å². The number of aromatic amines is 1. The fourth-order valence-corrected chi connectivity index (χ4v) is 5.41. The van der Waals surface area contributed by atoms with Crippen LogP contribution in [0.15, 0.2) is 60.9 Å². The Bertz CT molecular complexity index is 1610. The molecule has 3 aromatic heterocycles. The number of benzene rings is 2. The lowest BCUT2D eigenvalue weighted by molar-refractivity contribution is 0.123. The van der Waals surface area contributed by atoms with Crippen LogP contribution >= 0.6 is 0 Å². The van der Waals surface area contributed by atoms with Gasteiger partial charge in [-0.05, 0) is 55.3 Å². The standard InChI is InChI=1S/C30H31FN6O/c1-19-29(20(2)37(35-19)18-21-5-4-6-24(31)13-21)26-17-34-30-25(26)14-23(16-33-30)22-7-8-28(27(15-22)32-3)36-9-11-38-12-10-36/h4-8,13-17,32H,9-12,18H2,1-3H3,(H,33,34). The zero-order chi connectivity index (χ0) is 26.2. The van der Waals surface area contributed by atoms with Crippen LogP contribution in [0.5, 0.6) is 0 Å². The molecule has 4 heterocycles. The highest BCUT2D eigenvalue weighted by molar-refractivity contribution is 5.97. The predicted octanol–water partition coefficient (Wildman–Crippen LogP) is 5.78. The molecule has 7 nitrogen and oxygen atoms in total. The van der Waals surface area contributed by atoms with E-state index in [1.54, 1.807) is 12.1 Å². The minimum atomic E-state index is -0.237. The summed E-state index contributed by atoms with van der Waals surface area (Å²) in [6.07, 6.45) is 3.92. The van der Waals surface area contributed by atoms with Crippen LogP contribution in [0, 0.1) is 19.7 Å². The van der Waals surface area contributed by atoms with Crippen molar-refractivity contribution in [3.8, 4) is 22.3 Å². The number of hydrogen-bond acceptors (Lipinski definition) is 5. The molecule has 1 saturated heterocycles. The molecule has 0 amide bonds. The molecule has 0 bridgehead atoms. The summed E-state index contributed by atoms with van der Waals surface area (Å²) in [6, 6.07) is 15.4. The van der Waals surface area contributed by atoms with E-state index in [0.29, 0.717) is 6.54 Å². The van der Waals surface area contributed by atoms with Crippen LogP contribution in [-0.2, 0) is 11.3 Å². The minimum absolute atomic E-state index is 0.237. The molecule has 2 aromatic carbocycles.